The zero-order chi connectivity index (χ0) is 34.6. The number of amides is 4. The number of aromatic hydroxyl groups is 1. The molecule has 1 aromatic heterocycles. The molecule has 0 aliphatic carbocycles. The molecule has 4 aromatic carbocycles. The van der Waals surface area contributed by atoms with Crippen molar-refractivity contribution in [3.63, 3.8) is 0 Å². The van der Waals surface area contributed by atoms with Gasteiger partial charge in [-0.05, 0) is 39.6 Å². The van der Waals surface area contributed by atoms with E-state index in [1.165, 1.54) is 4.68 Å². The molecule has 2 fully saturated rings. The smallest absolute Gasteiger partial charge is 0.334 e. The van der Waals surface area contributed by atoms with Crippen LogP contribution in [0.15, 0.2) is 103 Å². The highest BCUT2D eigenvalue weighted by Gasteiger charge is 2.51. The lowest BCUT2D eigenvalue weighted by molar-refractivity contribution is -0.192. The number of fused-ring (bicyclic) bond motifs is 2. The molecule has 13 nitrogen and oxygen atoms in total. The monoisotopic (exact) mass is 674 g/mol. The molecule has 0 saturated carbocycles. The van der Waals surface area contributed by atoms with Crippen molar-refractivity contribution in [3.8, 4) is 5.75 Å². The van der Waals surface area contributed by atoms with Crippen LogP contribution in [0.1, 0.15) is 22.4 Å². The molecule has 4 amide bonds. The van der Waals surface area contributed by atoms with Gasteiger partial charge in [-0.3, -0.25) is 9.59 Å². The summed E-state index contributed by atoms with van der Waals surface area (Å²) in [5, 5.41) is 35.9. The van der Waals surface area contributed by atoms with E-state index in [0.29, 0.717) is 5.69 Å². The summed E-state index contributed by atoms with van der Waals surface area (Å²) in [4.78, 5) is 46.2. The van der Waals surface area contributed by atoms with E-state index in [4.69, 9.17) is 0 Å². The summed E-state index contributed by atoms with van der Waals surface area (Å²) < 4.78 is 1.51. The molecule has 0 radical (unpaired) electrons. The highest BCUT2D eigenvalue weighted by atomic mass is 16.3. The van der Waals surface area contributed by atoms with Crippen LogP contribution in [0.4, 0.5) is 4.79 Å². The van der Waals surface area contributed by atoms with E-state index in [2.05, 4.69) is 15.6 Å². The van der Waals surface area contributed by atoms with Gasteiger partial charge in [0, 0.05) is 25.7 Å². The van der Waals surface area contributed by atoms with Crippen molar-refractivity contribution in [2.75, 3.05) is 19.7 Å². The van der Waals surface area contributed by atoms with E-state index in [1.54, 1.807) is 50.3 Å². The maximum atomic E-state index is 14.5. The van der Waals surface area contributed by atoms with Crippen LogP contribution in [-0.4, -0.2) is 94.8 Å². The summed E-state index contributed by atoms with van der Waals surface area (Å²) >= 11 is 0. The third kappa shape index (κ3) is 6.86. The number of carbonyl (C=O) groups excluding carboxylic acids is 3. The Kier molecular flexibility index (Phi) is 9.41. The molecule has 50 heavy (non-hydrogen) atoms. The Morgan fingerprint density at radius 2 is 1.64 bits per heavy atom. The number of phenolic OH excluding ortho intramolecular Hbond substituents is 1. The minimum atomic E-state index is -0.905. The SMILES string of the molecule is O=C1[C@H](Cc2ccc(O)cc2)N2C(=O)CN(Cc3cn(CCO)nn3)N(C(=O)NCc3ccccc3)[C@H]2CN1Cc1cccc2ccccc12. The Balaban J connectivity index is 1.26. The number of aliphatic hydroxyl groups excluding tert-OH is 1. The van der Waals surface area contributed by atoms with Crippen LogP contribution in [0.3, 0.4) is 0 Å². The Morgan fingerprint density at radius 1 is 0.880 bits per heavy atom. The molecule has 0 unspecified atom stereocenters. The predicted molar refractivity (Wildman–Crippen MR) is 184 cm³/mol. The summed E-state index contributed by atoms with van der Waals surface area (Å²) in [7, 11) is 0. The van der Waals surface area contributed by atoms with E-state index in [9.17, 15) is 24.6 Å². The van der Waals surface area contributed by atoms with Crippen molar-refractivity contribution in [2.24, 2.45) is 0 Å². The largest absolute Gasteiger partial charge is 0.508 e. The van der Waals surface area contributed by atoms with Crippen molar-refractivity contribution in [3.05, 3.63) is 126 Å². The normalized spacial score (nSPS) is 18.1. The fraction of sp³-hybridized carbons (Fsp3) is 0.270. The molecule has 2 saturated heterocycles. The van der Waals surface area contributed by atoms with Crippen molar-refractivity contribution in [1.29, 1.82) is 0 Å². The maximum absolute atomic E-state index is 14.5. The second-order valence-electron chi connectivity index (χ2n) is 12.5. The quantitative estimate of drug-likeness (QED) is 0.205. The number of carbonyl (C=O) groups is 3. The molecule has 256 valence electrons. The first-order valence-electron chi connectivity index (χ1n) is 16.6. The fourth-order valence-corrected chi connectivity index (χ4v) is 6.83. The van der Waals surface area contributed by atoms with E-state index in [0.717, 1.165) is 27.5 Å². The second-order valence-corrected chi connectivity index (χ2v) is 12.5. The highest BCUT2D eigenvalue weighted by molar-refractivity contribution is 5.92. The van der Waals surface area contributed by atoms with Gasteiger partial charge < -0.3 is 25.3 Å². The first-order chi connectivity index (χ1) is 24.4. The number of aromatic nitrogens is 3. The van der Waals surface area contributed by atoms with Gasteiger partial charge >= 0.3 is 6.03 Å². The van der Waals surface area contributed by atoms with Crippen molar-refractivity contribution in [1.82, 2.24) is 40.1 Å². The topological polar surface area (TPSA) is 147 Å². The van der Waals surface area contributed by atoms with Crippen LogP contribution in [-0.2, 0) is 42.2 Å². The van der Waals surface area contributed by atoms with Crippen LogP contribution in [0.5, 0.6) is 5.75 Å². The number of hydrazine groups is 1. The average Bonchev–Trinajstić information content (AvgIpc) is 3.57. The van der Waals surface area contributed by atoms with Gasteiger partial charge in [0.05, 0.1) is 38.5 Å². The fourth-order valence-electron chi connectivity index (χ4n) is 6.83. The lowest BCUT2D eigenvalue weighted by Gasteiger charge is -2.55. The molecule has 0 spiro atoms. The van der Waals surface area contributed by atoms with E-state index in [-0.39, 0.29) is 69.9 Å². The van der Waals surface area contributed by atoms with E-state index < -0.39 is 18.2 Å². The molecule has 3 N–H and O–H groups in total. The number of nitrogens with one attached hydrogen (secondary N) is 1. The number of hydrogen-bond acceptors (Lipinski definition) is 8. The Morgan fingerprint density at radius 3 is 2.44 bits per heavy atom. The van der Waals surface area contributed by atoms with Crippen molar-refractivity contribution in [2.45, 2.75) is 44.8 Å². The molecule has 3 heterocycles. The molecule has 5 aromatic rings. The van der Waals surface area contributed by atoms with Crippen molar-refractivity contribution < 1.29 is 24.6 Å². The Bertz CT molecular complexity index is 1980. The maximum Gasteiger partial charge on any atom is 0.334 e. The minimum absolute atomic E-state index is 0.0757. The number of phenols is 1. The lowest BCUT2D eigenvalue weighted by Crippen LogP contribution is -2.76. The first kappa shape index (κ1) is 32.7. The third-order valence-corrected chi connectivity index (χ3v) is 9.19. The molecule has 7 rings (SSSR count). The number of rotatable bonds is 10. The zero-order valence-corrected chi connectivity index (χ0v) is 27.4. The van der Waals surface area contributed by atoms with E-state index in [1.807, 2.05) is 72.8 Å². The number of benzene rings is 4. The zero-order valence-electron chi connectivity index (χ0n) is 27.4. The van der Waals surface area contributed by atoms with Gasteiger partial charge in [0.15, 0.2) is 0 Å². The summed E-state index contributed by atoms with van der Waals surface area (Å²) in [6, 6.07) is 28.8. The first-order valence-corrected chi connectivity index (χ1v) is 16.6. The highest BCUT2D eigenvalue weighted by Crippen LogP contribution is 2.31. The van der Waals surface area contributed by atoms with Crippen molar-refractivity contribution >= 4 is 28.6 Å². The standard InChI is InChI=1S/C37H38N8O5/c46-18-17-42-22-30(39-40-42)23-43-25-35(48)44-33(19-26-13-15-31(47)16-14-26)36(49)41(21-29-11-6-10-28-9-4-5-12-32(28)29)24-34(44)45(43)37(50)38-20-27-7-2-1-3-8-27/h1-16,22,33-34,46-47H,17-21,23-25H2,(H,38,50)/t33-,34-/m0/s1. The number of nitrogens with zero attached hydrogens (tertiary/aromatic N) is 7. The summed E-state index contributed by atoms with van der Waals surface area (Å²) in [6.07, 6.45) is 1.04. The summed E-state index contributed by atoms with van der Waals surface area (Å²) in [6.45, 7) is 0.677. The van der Waals surface area contributed by atoms with Gasteiger partial charge in [-0.15, -0.1) is 5.10 Å². The van der Waals surface area contributed by atoms with Gasteiger partial charge in [0.25, 0.3) is 0 Å². The number of hydrogen-bond donors (Lipinski definition) is 3. The Labute approximate surface area is 288 Å². The molecule has 2 aliphatic rings. The van der Waals surface area contributed by atoms with Gasteiger partial charge in [-0.1, -0.05) is 90.1 Å². The van der Waals surface area contributed by atoms with Crippen LogP contribution in [0, 0.1) is 0 Å². The molecule has 0 bridgehead atoms. The van der Waals surface area contributed by atoms with Crippen LogP contribution < -0.4 is 5.32 Å². The molecular formula is C37H38N8O5. The van der Waals surface area contributed by atoms with Gasteiger partial charge in [0.1, 0.15) is 18.0 Å². The number of urea groups is 1. The molecular weight excluding hydrogens is 636 g/mol. The number of piperazine rings is 1. The molecule has 2 aliphatic heterocycles. The summed E-state index contributed by atoms with van der Waals surface area (Å²) in [5.41, 5.74) is 3.14. The van der Waals surface area contributed by atoms with Crippen LogP contribution in [0.2, 0.25) is 0 Å². The Hall–Kier alpha value is -5.79. The molecule has 2 atom stereocenters. The van der Waals surface area contributed by atoms with Gasteiger partial charge in [-0.25, -0.2) is 14.5 Å². The second kappa shape index (κ2) is 14.4. The van der Waals surface area contributed by atoms with Crippen LogP contribution >= 0.6 is 0 Å². The summed E-state index contributed by atoms with van der Waals surface area (Å²) in [5.74, 6) is -0.423. The third-order valence-electron chi connectivity index (χ3n) is 9.19. The molecule has 13 heteroatoms. The lowest BCUT2D eigenvalue weighted by atomic mass is 9.97. The van der Waals surface area contributed by atoms with Gasteiger partial charge in [-0.2, -0.15) is 5.01 Å². The number of aliphatic hydroxyl groups is 1. The minimum Gasteiger partial charge on any atom is -0.508 e. The van der Waals surface area contributed by atoms with Gasteiger partial charge in [0.2, 0.25) is 11.8 Å². The predicted octanol–water partition coefficient (Wildman–Crippen LogP) is 2.88. The van der Waals surface area contributed by atoms with E-state index >= 15 is 0 Å². The average molecular weight is 675 g/mol. The van der Waals surface area contributed by atoms with Crippen LogP contribution in [0.25, 0.3) is 10.8 Å².